The molecule has 0 aromatic carbocycles. The number of aliphatic hydroxyl groups is 3. The molecule has 221 valence electrons. The van der Waals surface area contributed by atoms with Crippen LogP contribution in [0.5, 0.6) is 0 Å². The van der Waals surface area contributed by atoms with E-state index in [0.717, 1.165) is 0 Å². The van der Waals surface area contributed by atoms with Gasteiger partial charge in [0.15, 0.2) is 6.10 Å². The minimum atomic E-state index is -1.85. The van der Waals surface area contributed by atoms with Crippen molar-refractivity contribution in [3.05, 3.63) is 40.5 Å². The van der Waals surface area contributed by atoms with Crippen molar-refractivity contribution in [2.75, 3.05) is 6.61 Å². The first-order valence-electron chi connectivity index (χ1n) is 13.7. The molecule has 2 bridgehead atoms. The number of thiophene rings is 1. The summed E-state index contributed by atoms with van der Waals surface area (Å²) in [7, 11) is 0. The molecular weight excluding hydrogens is 763 g/mol. The molecule has 0 spiro atoms. The first-order valence-corrected chi connectivity index (χ1v) is 14.6. The van der Waals surface area contributed by atoms with E-state index in [1.807, 2.05) is 0 Å². The van der Waals surface area contributed by atoms with Crippen LogP contribution in [0.4, 0.5) is 0 Å². The average Bonchev–Trinajstić information content (AvgIpc) is 3.41. The first-order chi connectivity index (χ1) is 18.6. The van der Waals surface area contributed by atoms with Crippen LogP contribution in [0.2, 0.25) is 0 Å². The quantitative estimate of drug-likeness (QED) is 0.303. The molecule has 1 saturated heterocycles. The van der Waals surface area contributed by atoms with E-state index in [1.54, 1.807) is 45.2 Å². The van der Waals surface area contributed by atoms with E-state index in [2.05, 4.69) is 0 Å². The molecule has 11 heteroatoms. The second-order valence-electron chi connectivity index (χ2n) is 12.7. The Hall–Kier alpha value is -0.668. The van der Waals surface area contributed by atoms with E-state index in [1.165, 1.54) is 18.3 Å². The minimum Gasteiger partial charge on any atom is -0.459 e. The van der Waals surface area contributed by atoms with Crippen molar-refractivity contribution in [3.8, 4) is 0 Å². The van der Waals surface area contributed by atoms with Crippen molar-refractivity contribution < 1.29 is 88.0 Å². The van der Waals surface area contributed by atoms with E-state index >= 15 is 0 Å². The number of carbonyl (C=O) groups excluding carboxylic acids is 3. The van der Waals surface area contributed by atoms with Gasteiger partial charge in [0.1, 0.15) is 29.2 Å². The molecule has 2 saturated carbocycles. The van der Waals surface area contributed by atoms with Gasteiger partial charge in [-0.2, -0.15) is 0 Å². The zero-order chi connectivity index (χ0) is 29.4. The summed E-state index contributed by atoms with van der Waals surface area (Å²) in [5, 5.41) is 37.0. The smallest absolute Gasteiger partial charge is 0.336 e. The van der Waals surface area contributed by atoms with Gasteiger partial charge in [-0.25, -0.2) is 4.79 Å². The van der Waals surface area contributed by atoms with E-state index in [-0.39, 0.29) is 69.3 Å². The van der Waals surface area contributed by atoms with Crippen LogP contribution >= 0.6 is 11.3 Å². The topological polar surface area (TPSA) is 140 Å². The number of hydrogen-bond acceptors (Lipinski definition) is 10. The van der Waals surface area contributed by atoms with Crippen molar-refractivity contribution in [2.24, 2.45) is 16.7 Å². The molecule has 41 heavy (non-hydrogen) atoms. The Morgan fingerprint density at radius 1 is 1.22 bits per heavy atom. The Bertz CT molecular complexity index is 1240. The fourth-order valence-electron chi connectivity index (χ4n) is 7.62. The van der Waals surface area contributed by atoms with Gasteiger partial charge in [-0.15, -0.1) is 11.3 Å². The molecule has 3 N–H and O–H groups in total. The number of carbonyl (C=O) groups is 3. The number of ketones is 1. The van der Waals surface area contributed by atoms with Crippen LogP contribution in [0.3, 0.4) is 0 Å². The Labute approximate surface area is 280 Å². The summed E-state index contributed by atoms with van der Waals surface area (Å²) in [6.07, 6.45) is -3.91. The molecule has 1 aromatic heterocycles. The molecule has 9 atom stereocenters. The van der Waals surface area contributed by atoms with Crippen LogP contribution in [0, 0.1) is 67.7 Å². The van der Waals surface area contributed by atoms with E-state index in [0.29, 0.717) is 28.9 Å². The van der Waals surface area contributed by atoms with Gasteiger partial charge in [-0.1, -0.05) is 32.4 Å². The number of Topliss-reactive ketones (excluding diaryl/α,β-unsaturated/α-hetero) is 1. The van der Waals surface area contributed by atoms with Crippen molar-refractivity contribution >= 4 is 29.1 Å². The van der Waals surface area contributed by atoms with Crippen LogP contribution in [0.15, 0.2) is 28.7 Å². The standard InChI is InChI=1S/C30H38O9S.Ac/c1-15-18-12-21(32)28(6)10-9-22-29(35,14-37-22)24(28)25(38-17(3)31)30(36,27(18,4)5)13-19(15)39-26(34)23(33)16(2)20-8-7-11-40-20;/h2,7-8,11,16,19,22-25,33,35-36H,9-10,12-14H2,1,3-6H3;/t16-,19?,22+,23+,24-,25-,28-,29-,30+;/m0./s1. The summed E-state index contributed by atoms with van der Waals surface area (Å²) < 4.78 is 17.3. The molecule has 3 fully saturated rings. The third-order valence-corrected chi connectivity index (χ3v) is 11.2. The number of hydrogen-bond donors (Lipinski definition) is 3. The van der Waals surface area contributed by atoms with Crippen molar-refractivity contribution in [1.82, 2.24) is 0 Å². The molecule has 1 aliphatic heterocycles. The Morgan fingerprint density at radius 3 is 2.46 bits per heavy atom. The van der Waals surface area contributed by atoms with Gasteiger partial charge in [-0.05, 0) is 43.7 Å². The van der Waals surface area contributed by atoms with Crippen LogP contribution < -0.4 is 0 Å². The van der Waals surface area contributed by atoms with Crippen molar-refractivity contribution in [3.63, 3.8) is 0 Å². The maximum atomic E-state index is 14.1. The Balaban J connectivity index is 0.00000387. The molecule has 4 aliphatic rings. The summed E-state index contributed by atoms with van der Waals surface area (Å²) in [5.41, 5.74) is -4.36. The van der Waals surface area contributed by atoms with Crippen LogP contribution in [-0.4, -0.2) is 75.3 Å². The molecule has 9 nitrogen and oxygen atoms in total. The molecule has 1 unspecified atom stereocenters. The summed E-state index contributed by atoms with van der Waals surface area (Å²) in [6.45, 7) is 14.4. The molecule has 1 aromatic rings. The van der Waals surface area contributed by atoms with Gasteiger partial charge in [-0.3, -0.25) is 9.59 Å². The summed E-state index contributed by atoms with van der Waals surface area (Å²) in [4.78, 5) is 40.4. The minimum absolute atomic E-state index is 0. The molecule has 5 rings (SSSR count). The summed E-state index contributed by atoms with van der Waals surface area (Å²) >= 11 is 1.30. The van der Waals surface area contributed by atoms with Crippen LogP contribution in [0.25, 0.3) is 0 Å². The second kappa shape index (κ2) is 11.4. The molecule has 3 aliphatic carbocycles. The fourth-order valence-corrected chi connectivity index (χ4v) is 8.38. The Morgan fingerprint density at radius 2 is 1.90 bits per heavy atom. The van der Waals surface area contributed by atoms with Gasteiger partial charge in [0.25, 0.3) is 0 Å². The number of fused-ring (bicyclic) bond motifs is 5. The predicted molar refractivity (Wildman–Crippen MR) is 144 cm³/mol. The fraction of sp³-hybridized carbons (Fsp3) is 0.667. The molecule has 3 radical (unpaired) electrons. The number of ether oxygens (including phenoxy) is 3. The zero-order valence-electron chi connectivity index (χ0n) is 24.1. The largest absolute Gasteiger partial charge is 0.459 e. The monoisotopic (exact) mass is 801 g/mol. The van der Waals surface area contributed by atoms with E-state index < -0.39 is 70.2 Å². The number of esters is 2. The second-order valence-corrected chi connectivity index (χ2v) is 13.7. The average molecular weight is 802 g/mol. The van der Waals surface area contributed by atoms with Crippen molar-refractivity contribution in [2.45, 2.75) is 102 Å². The van der Waals surface area contributed by atoms with Crippen LogP contribution in [-0.2, 0) is 28.6 Å². The van der Waals surface area contributed by atoms with E-state index in [4.69, 9.17) is 21.1 Å². The van der Waals surface area contributed by atoms with Gasteiger partial charge in [0.2, 0.25) is 0 Å². The SMILES string of the molecule is [Ac].[CH][C@@H](c1cccs1)[C@@H](O)C(=O)OC1C[C@@]2(O)[C@@H](OC(C)=O)[C@@H]3[C@]4(O)CO[C@@H]4CC[C@@]3(C)C(=O)CC(=C1C)C2(C)C. The third-order valence-electron chi connectivity index (χ3n) is 10.3. The van der Waals surface area contributed by atoms with Crippen LogP contribution in [0.1, 0.15) is 71.1 Å². The first kappa shape index (κ1) is 33.2. The maximum absolute atomic E-state index is 14.1. The summed E-state index contributed by atoms with van der Waals surface area (Å²) in [6, 6.07) is 3.47. The molecule has 0 amide bonds. The van der Waals surface area contributed by atoms with Gasteiger partial charge in [0, 0.05) is 91.4 Å². The molecule has 2 heterocycles. The number of rotatable bonds is 5. The van der Waals surface area contributed by atoms with Gasteiger partial charge < -0.3 is 29.5 Å². The third kappa shape index (κ3) is 5.04. The molecular formula is C30H38AcO9S. The van der Waals surface area contributed by atoms with Gasteiger partial charge >= 0.3 is 11.9 Å². The predicted octanol–water partition coefficient (Wildman–Crippen LogP) is 2.74. The normalized spacial score (nSPS) is 39.0. The zero-order valence-corrected chi connectivity index (χ0v) is 29.6. The van der Waals surface area contributed by atoms with Gasteiger partial charge in [0.05, 0.1) is 12.7 Å². The van der Waals surface area contributed by atoms with E-state index in [9.17, 15) is 29.7 Å². The Kier molecular flexibility index (Phi) is 9.21. The number of aliphatic hydroxyl groups excluding tert-OH is 1. The van der Waals surface area contributed by atoms with Crippen molar-refractivity contribution in [1.29, 1.82) is 0 Å². The maximum Gasteiger partial charge on any atom is 0.336 e. The summed E-state index contributed by atoms with van der Waals surface area (Å²) in [5.74, 6) is -3.74.